The van der Waals surface area contributed by atoms with Crippen LogP contribution in [0.4, 0.5) is 0 Å². The summed E-state index contributed by atoms with van der Waals surface area (Å²) in [5, 5.41) is 30.1. The highest BCUT2D eigenvalue weighted by molar-refractivity contribution is 5.74. The van der Waals surface area contributed by atoms with E-state index < -0.39 is 12.2 Å². The number of aromatic nitrogens is 2. The molecule has 1 aromatic heterocycles. The highest BCUT2D eigenvalue weighted by atomic mass is 16.3. The first-order valence-corrected chi connectivity index (χ1v) is 8.06. The Labute approximate surface area is 140 Å². The van der Waals surface area contributed by atoms with Crippen LogP contribution in [-0.2, 0) is 13.2 Å². The zero-order valence-electron chi connectivity index (χ0n) is 13.6. The number of benzene rings is 2. The molecule has 126 valence electrons. The number of rotatable bonds is 6. The van der Waals surface area contributed by atoms with E-state index in [4.69, 9.17) is 5.11 Å². The van der Waals surface area contributed by atoms with E-state index in [0.29, 0.717) is 6.54 Å². The second-order valence-corrected chi connectivity index (χ2v) is 6.16. The number of aliphatic hydroxyl groups is 3. The van der Waals surface area contributed by atoms with E-state index in [0.717, 1.165) is 22.2 Å². The summed E-state index contributed by atoms with van der Waals surface area (Å²) in [5.41, 5.74) is 3.38. The van der Waals surface area contributed by atoms with Crippen molar-refractivity contribution in [2.75, 3.05) is 0 Å². The Hall–Kier alpha value is -2.21. The minimum Gasteiger partial charge on any atom is -0.392 e. The Bertz CT molecular complexity index is 798. The van der Waals surface area contributed by atoms with Crippen LogP contribution in [-0.4, -0.2) is 31.0 Å². The van der Waals surface area contributed by atoms with Crippen LogP contribution in [0.15, 0.2) is 54.9 Å². The molecule has 24 heavy (non-hydrogen) atoms. The first-order valence-electron chi connectivity index (χ1n) is 8.06. The molecule has 0 aliphatic heterocycles. The molecular weight excluding hydrogens is 304 g/mol. The quantitative estimate of drug-likeness (QED) is 0.649. The maximum atomic E-state index is 10.5. The van der Waals surface area contributed by atoms with Gasteiger partial charge in [-0.2, -0.15) is 0 Å². The summed E-state index contributed by atoms with van der Waals surface area (Å²) in [6.45, 7) is 2.17. The van der Waals surface area contributed by atoms with E-state index in [9.17, 15) is 10.2 Å². The third-order valence-corrected chi connectivity index (χ3v) is 4.52. The van der Waals surface area contributed by atoms with Crippen LogP contribution in [0.5, 0.6) is 0 Å². The van der Waals surface area contributed by atoms with Crippen LogP contribution in [0.3, 0.4) is 0 Å². The van der Waals surface area contributed by atoms with Gasteiger partial charge in [-0.1, -0.05) is 43.3 Å². The predicted octanol–water partition coefficient (Wildman–Crippen LogP) is 2.26. The monoisotopic (exact) mass is 326 g/mol. The van der Waals surface area contributed by atoms with Crippen molar-refractivity contribution in [2.45, 2.75) is 32.3 Å². The van der Waals surface area contributed by atoms with Crippen molar-refractivity contribution in [3.63, 3.8) is 0 Å². The van der Waals surface area contributed by atoms with Crippen molar-refractivity contribution in [3.8, 4) is 0 Å². The van der Waals surface area contributed by atoms with Crippen LogP contribution in [0.1, 0.15) is 24.2 Å². The minimum atomic E-state index is -0.775. The van der Waals surface area contributed by atoms with E-state index in [1.807, 2.05) is 35.8 Å². The summed E-state index contributed by atoms with van der Waals surface area (Å²) in [4.78, 5) is 4.32. The number of aliphatic hydroxyl groups excluding tert-OH is 3. The molecule has 3 N–H and O–H groups in total. The van der Waals surface area contributed by atoms with Gasteiger partial charge in [-0.15, -0.1) is 0 Å². The fraction of sp³-hybridized carbons (Fsp3) is 0.316. The zero-order valence-corrected chi connectivity index (χ0v) is 13.6. The molecular formula is C19H22N2O3. The molecule has 0 aliphatic carbocycles. The van der Waals surface area contributed by atoms with Crippen molar-refractivity contribution in [1.82, 2.24) is 9.55 Å². The average molecular weight is 326 g/mol. The Balaban J connectivity index is 1.72. The maximum Gasteiger partial charge on any atom is 0.0959 e. The lowest BCUT2D eigenvalue weighted by Gasteiger charge is -2.25. The summed E-state index contributed by atoms with van der Waals surface area (Å²) in [7, 11) is 0. The number of hydrogen-bond acceptors (Lipinski definition) is 4. The second-order valence-electron chi connectivity index (χ2n) is 6.16. The smallest absolute Gasteiger partial charge is 0.0959 e. The molecule has 0 amide bonds. The van der Waals surface area contributed by atoms with E-state index in [1.54, 1.807) is 30.6 Å². The number of hydrogen-bond donors (Lipinski definition) is 3. The molecule has 3 atom stereocenters. The van der Waals surface area contributed by atoms with Gasteiger partial charge in [-0.25, -0.2) is 4.98 Å². The van der Waals surface area contributed by atoms with E-state index in [1.165, 1.54) is 0 Å². The number of imidazole rings is 1. The van der Waals surface area contributed by atoms with Gasteiger partial charge in [0, 0.05) is 5.92 Å². The number of para-hydroxylation sites is 2. The highest BCUT2D eigenvalue weighted by Gasteiger charge is 2.24. The van der Waals surface area contributed by atoms with Gasteiger partial charge in [-0.05, 0) is 23.3 Å². The molecule has 0 saturated carbocycles. The lowest BCUT2D eigenvalue weighted by atomic mass is 9.92. The predicted molar refractivity (Wildman–Crippen MR) is 92.2 cm³/mol. The van der Waals surface area contributed by atoms with Gasteiger partial charge >= 0.3 is 0 Å². The lowest BCUT2D eigenvalue weighted by Crippen LogP contribution is -2.28. The molecule has 1 heterocycles. The molecule has 3 aromatic rings. The number of nitrogens with zero attached hydrogens (tertiary/aromatic N) is 2. The molecule has 0 fully saturated rings. The first-order chi connectivity index (χ1) is 11.6. The zero-order chi connectivity index (χ0) is 17.1. The molecule has 0 unspecified atom stereocenters. The van der Waals surface area contributed by atoms with Crippen molar-refractivity contribution >= 4 is 11.0 Å². The van der Waals surface area contributed by atoms with Gasteiger partial charge in [0.25, 0.3) is 0 Å². The second kappa shape index (κ2) is 7.13. The summed E-state index contributed by atoms with van der Waals surface area (Å²) in [6.07, 6.45) is 0.223. The van der Waals surface area contributed by atoms with Crippen LogP contribution in [0, 0.1) is 5.92 Å². The molecule has 5 heteroatoms. The molecule has 2 aromatic carbocycles. The molecule has 3 rings (SSSR count). The molecule has 0 aliphatic rings. The Morgan fingerprint density at radius 3 is 2.46 bits per heavy atom. The van der Waals surface area contributed by atoms with E-state index in [2.05, 4.69) is 4.98 Å². The largest absolute Gasteiger partial charge is 0.392 e. The van der Waals surface area contributed by atoms with Gasteiger partial charge in [0.15, 0.2) is 0 Å². The molecule has 0 saturated heterocycles. The summed E-state index contributed by atoms with van der Waals surface area (Å²) < 4.78 is 1.90. The lowest BCUT2D eigenvalue weighted by molar-refractivity contribution is 0.0128. The minimum absolute atomic E-state index is 0.0255. The van der Waals surface area contributed by atoms with Gasteiger partial charge in [0.2, 0.25) is 0 Å². The Morgan fingerprint density at radius 2 is 1.75 bits per heavy atom. The van der Waals surface area contributed by atoms with Crippen LogP contribution < -0.4 is 0 Å². The van der Waals surface area contributed by atoms with Crippen LogP contribution >= 0.6 is 0 Å². The summed E-state index contributed by atoms with van der Waals surface area (Å²) >= 11 is 0. The third-order valence-electron chi connectivity index (χ3n) is 4.52. The van der Waals surface area contributed by atoms with Gasteiger partial charge in [0.05, 0.1) is 42.7 Å². The van der Waals surface area contributed by atoms with Crippen molar-refractivity contribution in [2.24, 2.45) is 5.92 Å². The fourth-order valence-electron chi connectivity index (χ4n) is 2.86. The van der Waals surface area contributed by atoms with Gasteiger partial charge < -0.3 is 19.9 Å². The first kappa shape index (κ1) is 16.6. The molecule has 0 radical (unpaired) electrons. The van der Waals surface area contributed by atoms with Gasteiger partial charge in [-0.3, -0.25) is 0 Å². The maximum absolute atomic E-state index is 10.5. The molecule has 5 nitrogen and oxygen atoms in total. The van der Waals surface area contributed by atoms with E-state index >= 15 is 0 Å². The third kappa shape index (κ3) is 3.33. The standard InChI is InChI=1S/C19H22N2O3/c1-13(19(24)15-8-6-14(11-22)7-9-15)18(23)10-21-12-20-16-4-2-3-5-17(16)21/h2-9,12-13,18-19,22-24H,10-11H2,1H3/t13-,18+,19+/m1/s1. The van der Waals surface area contributed by atoms with Crippen molar-refractivity contribution in [3.05, 3.63) is 66.0 Å². The van der Waals surface area contributed by atoms with Crippen molar-refractivity contribution < 1.29 is 15.3 Å². The Kier molecular flexibility index (Phi) is 4.94. The topological polar surface area (TPSA) is 78.5 Å². The number of fused-ring (bicyclic) bond motifs is 1. The molecule has 0 bridgehead atoms. The fourth-order valence-corrected chi connectivity index (χ4v) is 2.86. The SMILES string of the molecule is C[C@@H]([C@H](O)c1ccc(CO)cc1)[C@@H](O)Cn1cnc2ccccc21. The van der Waals surface area contributed by atoms with Crippen LogP contribution in [0.25, 0.3) is 11.0 Å². The van der Waals surface area contributed by atoms with E-state index in [-0.39, 0.29) is 12.5 Å². The van der Waals surface area contributed by atoms with Crippen molar-refractivity contribution in [1.29, 1.82) is 0 Å². The summed E-state index contributed by atoms with van der Waals surface area (Å²) in [6, 6.07) is 14.9. The average Bonchev–Trinajstić information content (AvgIpc) is 3.03. The Morgan fingerprint density at radius 1 is 1.04 bits per heavy atom. The van der Waals surface area contributed by atoms with Crippen LogP contribution in [0.2, 0.25) is 0 Å². The molecule has 0 spiro atoms. The normalized spacial score (nSPS) is 15.3. The van der Waals surface area contributed by atoms with Gasteiger partial charge in [0.1, 0.15) is 0 Å². The summed E-state index contributed by atoms with van der Waals surface area (Å²) in [5.74, 6) is -0.342. The highest BCUT2D eigenvalue weighted by Crippen LogP contribution is 2.26.